The van der Waals surface area contributed by atoms with Gasteiger partial charge in [-0.3, -0.25) is 9.36 Å². The Hall–Kier alpha value is -1.84. The first kappa shape index (κ1) is 21.9. The van der Waals surface area contributed by atoms with E-state index in [2.05, 4.69) is 42.3 Å². The molecule has 1 aromatic carbocycles. The van der Waals surface area contributed by atoms with Crippen LogP contribution in [0.2, 0.25) is 0 Å². The topological polar surface area (TPSA) is 84.3 Å². The molecule has 29 heavy (non-hydrogen) atoms. The van der Waals surface area contributed by atoms with Gasteiger partial charge >= 0.3 is 0 Å². The van der Waals surface area contributed by atoms with Crippen LogP contribution in [0.3, 0.4) is 0 Å². The van der Waals surface area contributed by atoms with Crippen LogP contribution < -0.4 is 5.32 Å². The maximum Gasteiger partial charge on any atom is 0.230 e. The molecule has 2 aromatic rings. The molecular weight excluding hydrogens is 408 g/mol. The van der Waals surface area contributed by atoms with E-state index in [0.717, 1.165) is 23.7 Å². The van der Waals surface area contributed by atoms with Gasteiger partial charge in [-0.1, -0.05) is 17.8 Å². The molecule has 9 heteroatoms. The van der Waals surface area contributed by atoms with E-state index in [-0.39, 0.29) is 5.91 Å². The van der Waals surface area contributed by atoms with Crippen molar-refractivity contribution in [3.05, 3.63) is 41.7 Å². The lowest BCUT2D eigenvalue weighted by molar-refractivity contribution is -0.118. The third-order valence-electron chi connectivity index (χ3n) is 5.05. The van der Waals surface area contributed by atoms with Crippen molar-refractivity contribution in [3.8, 4) is 5.69 Å². The van der Waals surface area contributed by atoms with Crippen molar-refractivity contribution >= 4 is 27.7 Å². The standard InChI is InChI=1S/C20H28N4O3S2/c1-15-10-16(2)12-18(11-15)24-9-6-21-20(24)28-14-19(25)22-13-17-4-7-23(8-5-17)29(3,26)27/h6,9-12,17H,4-5,7-8,13-14H2,1-3H3,(H,22,25). The molecule has 0 spiro atoms. The molecule has 0 aliphatic carbocycles. The van der Waals surface area contributed by atoms with Gasteiger partial charge in [-0.05, 0) is 55.9 Å². The summed E-state index contributed by atoms with van der Waals surface area (Å²) in [5, 5.41) is 3.76. The van der Waals surface area contributed by atoms with Gasteiger partial charge in [-0.25, -0.2) is 17.7 Å². The van der Waals surface area contributed by atoms with Gasteiger partial charge < -0.3 is 5.32 Å². The fraction of sp³-hybridized carbons (Fsp3) is 0.500. The fourth-order valence-corrected chi connectivity index (χ4v) is 5.24. The zero-order valence-corrected chi connectivity index (χ0v) is 18.7. The zero-order valence-electron chi connectivity index (χ0n) is 17.1. The first-order valence-electron chi connectivity index (χ1n) is 9.69. The molecule has 1 saturated heterocycles. The van der Waals surface area contributed by atoms with Crippen molar-refractivity contribution in [2.24, 2.45) is 5.92 Å². The summed E-state index contributed by atoms with van der Waals surface area (Å²) in [7, 11) is -3.11. The highest BCUT2D eigenvalue weighted by atomic mass is 32.2. The Balaban J connectivity index is 1.48. The van der Waals surface area contributed by atoms with Crippen molar-refractivity contribution in [2.75, 3.05) is 31.6 Å². The van der Waals surface area contributed by atoms with Crippen LogP contribution in [0.25, 0.3) is 5.69 Å². The quantitative estimate of drug-likeness (QED) is 0.674. The Morgan fingerprint density at radius 3 is 2.48 bits per heavy atom. The maximum absolute atomic E-state index is 12.3. The van der Waals surface area contributed by atoms with Crippen LogP contribution in [-0.4, -0.2) is 59.8 Å². The van der Waals surface area contributed by atoms with Gasteiger partial charge in [0.25, 0.3) is 0 Å². The summed E-state index contributed by atoms with van der Waals surface area (Å²) in [5.41, 5.74) is 3.41. The van der Waals surface area contributed by atoms with E-state index in [1.807, 2.05) is 10.8 Å². The summed E-state index contributed by atoms with van der Waals surface area (Å²) in [6.07, 6.45) is 6.45. The highest BCUT2D eigenvalue weighted by molar-refractivity contribution is 7.99. The van der Waals surface area contributed by atoms with Crippen molar-refractivity contribution in [1.82, 2.24) is 19.2 Å². The van der Waals surface area contributed by atoms with Crippen LogP contribution in [-0.2, 0) is 14.8 Å². The lowest BCUT2D eigenvalue weighted by Gasteiger charge is -2.30. The average Bonchev–Trinajstić information content (AvgIpc) is 3.12. The first-order chi connectivity index (χ1) is 13.7. The van der Waals surface area contributed by atoms with Crippen molar-refractivity contribution < 1.29 is 13.2 Å². The monoisotopic (exact) mass is 436 g/mol. The minimum atomic E-state index is -3.11. The van der Waals surface area contributed by atoms with Gasteiger partial charge in [0.1, 0.15) is 0 Å². The highest BCUT2D eigenvalue weighted by Crippen LogP contribution is 2.22. The number of amides is 1. The number of nitrogens with zero attached hydrogens (tertiary/aromatic N) is 3. The molecule has 0 radical (unpaired) electrons. The van der Waals surface area contributed by atoms with Gasteiger partial charge in [-0.15, -0.1) is 0 Å². The number of rotatable bonds is 7. The molecule has 1 aliphatic rings. The molecule has 0 atom stereocenters. The van der Waals surface area contributed by atoms with E-state index in [9.17, 15) is 13.2 Å². The lowest BCUT2D eigenvalue weighted by atomic mass is 9.98. The number of piperidine rings is 1. The Bertz CT molecular complexity index is 944. The number of hydrogen-bond donors (Lipinski definition) is 1. The van der Waals surface area contributed by atoms with E-state index in [4.69, 9.17) is 0 Å². The number of hydrogen-bond acceptors (Lipinski definition) is 5. The third kappa shape index (κ3) is 6.07. The second kappa shape index (κ2) is 9.32. The largest absolute Gasteiger partial charge is 0.355 e. The second-order valence-electron chi connectivity index (χ2n) is 7.62. The molecule has 2 heterocycles. The second-order valence-corrected chi connectivity index (χ2v) is 10.5. The molecule has 1 N–H and O–H groups in total. The molecule has 0 saturated carbocycles. The number of carbonyl (C=O) groups excluding carboxylic acids is 1. The predicted molar refractivity (Wildman–Crippen MR) is 116 cm³/mol. The SMILES string of the molecule is Cc1cc(C)cc(-n2ccnc2SCC(=O)NCC2CCN(S(C)(=O)=O)CC2)c1. The fourth-order valence-electron chi connectivity index (χ4n) is 3.57. The normalized spacial score (nSPS) is 16.1. The number of thioether (sulfide) groups is 1. The zero-order chi connectivity index (χ0) is 21.0. The Kier molecular flexibility index (Phi) is 7.02. The van der Waals surface area contributed by atoms with Crippen molar-refractivity contribution in [2.45, 2.75) is 31.8 Å². The molecule has 1 aromatic heterocycles. The van der Waals surface area contributed by atoms with Gasteiger partial charge in [0.05, 0.1) is 12.0 Å². The predicted octanol–water partition coefficient (Wildman–Crippen LogP) is 2.37. The van der Waals surface area contributed by atoms with Crippen LogP contribution in [0.1, 0.15) is 24.0 Å². The summed E-state index contributed by atoms with van der Waals surface area (Å²) < 4.78 is 26.6. The molecule has 1 fully saturated rings. The van der Waals surface area contributed by atoms with E-state index in [1.54, 1.807) is 6.20 Å². The van der Waals surface area contributed by atoms with E-state index in [1.165, 1.54) is 33.4 Å². The number of nitrogens with one attached hydrogen (secondary N) is 1. The lowest BCUT2D eigenvalue weighted by Crippen LogP contribution is -2.41. The van der Waals surface area contributed by atoms with Gasteiger partial charge in [0.2, 0.25) is 15.9 Å². The smallest absolute Gasteiger partial charge is 0.230 e. The Morgan fingerprint density at radius 2 is 1.86 bits per heavy atom. The molecule has 0 unspecified atom stereocenters. The molecule has 3 rings (SSSR count). The third-order valence-corrected chi connectivity index (χ3v) is 7.32. The number of aryl methyl sites for hydroxylation is 2. The summed E-state index contributed by atoms with van der Waals surface area (Å²) in [6, 6.07) is 6.32. The van der Waals surface area contributed by atoms with Gasteiger partial charge in [0.15, 0.2) is 5.16 Å². The van der Waals surface area contributed by atoms with E-state index in [0.29, 0.717) is 31.3 Å². The molecule has 1 aliphatic heterocycles. The molecular formula is C20H28N4O3S2. The number of aromatic nitrogens is 2. The Labute approximate surface area is 176 Å². The summed E-state index contributed by atoms with van der Waals surface area (Å²) in [4.78, 5) is 16.7. The van der Waals surface area contributed by atoms with Crippen LogP contribution >= 0.6 is 11.8 Å². The first-order valence-corrected chi connectivity index (χ1v) is 12.5. The summed E-state index contributed by atoms with van der Waals surface area (Å²) >= 11 is 1.41. The number of carbonyl (C=O) groups is 1. The number of sulfonamides is 1. The van der Waals surface area contributed by atoms with Crippen LogP contribution in [0.5, 0.6) is 0 Å². The molecule has 7 nitrogen and oxygen atoms in total. The van der Waals surface area contributed by atoms with Crippen molar-refractivity contribution in [3.63, 3.8) is 0 Å². The van der Waals surface area contributed by atoms with E-state index < -0.39 is 10.0 Å². The summed E-state index contributed by atoms with van der Waals surface area (Å²) in [5.74, 6) is 0.582. The maximum atomic E-state index is 12.3. The molecule has 158 valence electrons. The molecule has 0 bridgehead atoms. The Morgan fingerprint density at radius 1 is 1.21 bits per heavy atom. The molecule has 1 amide bonds. The average molecular weight is 437 g/mol. The number of benzene rings is 1. The van der Waals surface area contributed by atoms with Crippen LogP contribution in [0.15, 0.2) is 35.7 Å². The minimum absolute atomic E-state index is 0.0319. The van der Waals surface area contributed by atoms with Gasteiger partial charge in [0, 0.05) is 37.7 Å². The van der Waals surface area contributed by atoms with Gasteiger partial charge in [-0.2, -0.15) is 0 Å². The van der Waals surface area contributed by atoms with Crippen molar-refractivity contribution in [1.29, 1.82) is 0 Å². The van der Waals surface area contributed by atoms with Crippen LogP contribution in [0.4, 0.5) is 0 Å². The van der Waals surface area contributed by atoms with E-state index >= 15 is 0 Å². The number of imidazole rings is 1. The minimum Gasteiger partial charge on any atom is -0.355 e. The van der Waals surface area contributed by atoms with Crippen LogP contribution in [0, 0.1) is 19.8 Å². The highest BCUT2D eigenvalue weighted by Gasteiger charge is 2.25. The summed E-state index contributed by atoms with van der Waals surface area (Å²) in [6.45, 7) is 5.77.